The molecule has 1 N–H and O–H groups in total. The summed E-state index contributed by atoms with van der Waals surface area (Å²) in [6.07, 6.45) is 1.75. The Kier molecular flexibility index (Phi) is 5.69. The molecule has 1 aromatic carbocycles. The molecule has 1 amide bonds. The number of halogens is 1. The SMILES string of the molecule is N#CC1=C(SCCOc2ccccc2Cl)NC(=O)C[C@@H]1c1ccco1. The van der Waals surface area contributed by atoms with Crippen LogP contribution in [0.15, 0.2) is 57.7 Å². The molecule has 0 unspecified atom stereocenters. The summed E-state index contributed by atoms with van der Waals surface area (Å²) in [7, 11) is 0. The van der Waals surface area contributed by atoms with Crippen molar-refractivity contribution in [2.45, 2.75) is 12.3 Å². The average molecular weight is 375 g/mol. The van der Waals surface area contributed by atoms with Crippen molar-refractivity contribution in [3.05, 3.63) is 64.0 Å². The number of carbonyl (C=O) groups excluding carboxylic acids is 1. The predicted octanol–water partition coefficient (Wildman–Crippen LogP) is 4.08. The van der Waals surface area contributed by atoms with Crippen molar-refractivity contribution in [3.63, 3.8) is 0 Å². The lowest BCUT2D eigenvalue weighted by atomic mass is 9.92. The molecule has 1 atom stereocenters. The number of hydrogen-bond acceptors (Lipinski definition) is 5. The van der Waals surface area contributed by atoms with Crippen LogP contribution in [0, 0.1) is 11.3 Å². The zero-order valence-electron chi connectivity index (χ0n) is 13.2. The van der Waals surface area contributed by atoms with Crippen molar-refractivity contribution in [1.29, 1.82) is 5.26 Å². The molecule has 2 aromatic rings. The van der Waals surface area contributed by atoms with E-state index in [0.717, 1.165) is 0 Å². The standard InChI is InChI=1S/C18H15ClN2O3S/c19-14-4-1-2-5-16(14)24-8-9-25-18-13(11-20)12(10-17(22)21-18)15-6-3-7-23-15/h1-7,12H,8-10H2,(H,21,22)/t12-/m0/s1. The minimum atomic E-state index is -0.347. The Morgan fingerprint density at radius 2 is 2.20 bits per heavy atom. The van der Waals surface area contributed by atoms with Gasteiger partial charge >= 0.3 is 0 Å². The fraction of sp³-hybridized carbons (Fsp3) is 0.222. The van der Waals surface area contributed by atoms with Crippen LogP contribution in [-0.2, 0) is 4.79 Å². The normalized spacial score (nSPS) is 17.1. The third kappa shape index (κ3) is 4.19. The Balaban J connectivity index is 1.66. The van der Waals surface area contributed by atoms with Gasteiger partial charge in [-0.3, -0.25) is 4.79 Å². The molecule has 3 rings (SSSR count). The van der Waals surface area contributed by atoms with Crippen molar-refractivity contribution >= 4 is 29.3 Å². The average Bonchev–Trinajstić information content (AvgIpc) is 3.14. The molecule has 0 saturated carbocycles. The van der Waals surface area contributed by atoms with Gasteiger partial charge in [0.25, 0.3) is 0 Å². The molecule has 1 aliphatic rings. The number of benzene rings is 1. The van der Waals surface area contributed by atoms with Gasteiger partial charge < -0.3 is 14.5 Å². The van der Waals surface area contributed by atoms with Crippen molar-refractivity contribution in [1.82, 2.24) is 5.32 Å². The fourth-order valence-corrected chi connectivity index (χ4v) is 3.61. The minimum Gasteiger partial charge on any atom is -0.491 e. The van der Waals surface area contributed by atoms with Gasteiger partial charge in [-0.15, -0.1) is 11.8 Å². The van der Waals surface area contributed by atoms with Crippen LogP contribution in [0.2, 0.25) is 5.02 Å². The van der Waals surface area contributed by atoms with Crippen molar-refractivity contribution < 1.29 is 13.9 Å². The zero-order valence-corrected chi connectivity index (χ0v) is 14.8. The molecule has 5 nitrogen and oxygen atoms in total. The van der Waals surface area contributed by atoms with Gasteiger partial charge in [0, 0.05) is 12.2 Å². The van der Waals surface area contributed by atoms with Crippen molar-refractivity contribution in [3.8, 4) is 11.8 Å². The maximum atomic E-state index is 12.0. The molecule has 0 fully saturated rings. The molecule has 128 valence electrons. The van der Waals surface area contributed by atoms with Crippen LogP contribution < -0.4 is 10.1 Å². The van der Waals surface area contributed by atoms with Gasteiger partial charge in [0.2, 0.25) is 5.91 Å². The highest BCUT2D eigenvalue weighted by Gasteiger charge is 2.31. The van der Waals surface area contributed by atoms with Crippen LogP contribution in [0.25, 0.3) is 0 Å². The predicted molar refractivity (Wildman–Crippen MR) is 96.3 cm³/mol. The van der Waals surface area contributed by atoms with E-state index in [1.54, 1.807) is 30.5 Å². The highest BCUT2D eigenvalue weighted by molar-refractivity contribution is 8.03. The van der Waals surface area contributed by atoms with E-state index in [0.29, 0.717) is 39.5 Å². The molecular weight excluding hydrogens is 360 g/mol. The molecule has 1 aromatic heterocycles. The fourth-order valence-electron chi connectivity index (χ4n) is 2.52. The van der Waals surface area contributed by atoms with Crippen LogP contribution in [-0.4, -0.2) is 18.3 Å². The topological polar surface area (TPSA) is 75.3 Å². The van der Waals surface area contributed by atoms with Crippen LogP contribution in [0.1, 0.15) is 18.1 Å². The number of amides is 1. The lowest BCUT2D eigenvalue weighted by molar-refractivity contribution is -0.120. The lowest BCUT2D eigenvalue weighted by Crippen LogP contribution is -2.31. The summed E-state index contributed by atoms with van der Waals surface area (Å²) in [6, 6.07) is 13.0. The number of nitrogens with one attached hydrogen (secondary N) is 1. The molecule has 25 heavy (non-hydrogen) atoms. The van der Waals surface area contributed by atoms with E-state index >= 15 is 0 Å². The van der Waals surface area contributed by atoms with Crippen molar-refractivity contribution in [2.24, 2.45) is 0 Å². The molecule has 1 aliphatic heterocycles. The number of thioether (sulfide) groups is 1. The quantitative estimate of drug-likeness (QED) is 0.771. The zero-order chi connectivity index (χ0) is 17.6. The van der Waals surface area contributed by atoms with E-state index < -0.39 is 0 Å². The number of nitriles is 1. The first-order valence-corrected chi connectivity index (χ1v) is 9.03. The monoisotopic (exact) mass is 374 g/mol. The van der Waals surface area contributed by atoms with E-state index in [-0.39, 0.29) is 18.2 Å². The molecule has 2 heterocycles. The largest absolute Gasteiger partial charge is 0.491 e. The summed E-state index contributed by atoms with van der Waals surface area (Å²) in [5, 5.41) is 13.4. The lowest BCUT2D eigenvalue weighted by Gasteiger charge is -2.23. The maximum absolute atomic E-state index is 12.0. The number of furan rings is 1. The second-order valence-electron chi connectivity index (χ2n) is 5.30. The molecule has 0 spiro atoms. The highest BCUT2D eigenvalue weighted by atomic mass is 35.5. The number of ether oxygens (including phenoxy) is 1. The molecule has 7 heteroatoms. The van der Waals surface area contributed by atoms with E-state index in [1.165, 1.54) is 11.8 Å². The van der Waals surface area contributed by atoms with Crippen LogP contribution in [0.4, 0.5) is 0 Å². The summed E-state index contributed by atoms with van der Waals surface area (Å²) >= 11 is 7.42. The van der Waals surface area contributed by atoms with Crippen LogP contribution in [0.5, 0.6) is 5.75 Å². The number of hydrogen-bond donors (Lipinski definition) is 1. The molecule has 0 radical (unpaired) electrons. The minimum absolute atomic E-state index is 0.130. The molecule has 0 bridgehead atoms. The van der Waals surface area contributed by atoms with E-state index in [1.807, 2.05) is 12.1 Å². The Bertz CT molecular complexity index is 827. The first-order valence-electron chi connectivity index (χ1n) is 7.66. The third-order valence-corrected chi connectivity index (χ3v) is 4.96. The second kappa shape index (κ2) is 8.15. The maximum Gasteiger partial charge on any atom is 0.225 e. The van der Waals surface area contributed by atoms with Gasteiger partial charge in [-0.2, -0.15) is 5.26 Å². The summed E-state index contributed by atoms with van der Waals surface area (Å²) in [5.41, 5.74) is 0.511. The van der Waals surface area contributed by atoms with Gasteiger partial charge in [-0.05, 0) is 24.3 Å². The molecule has 0 aliphatic carbocycles. The third-order valence-electron chi connectivity index (χ3n) is 3.67. The number of carbonyl (C=O) groups is 1. The van der Waals surface area contributed by atoms with Crippen molar-refractivity contribution in [2.75, 3.05) is 12.4 Å². The van der Waals surface area contributed by atoms with Crippen LogP contribution in [0.3, 0.4) is 0 Å². The Morgan fingerprint density at radius 3 is 2.92 bits per heavy atom. The Labute approximate surface area is 154 Å². The second-order valence-corrected chi connectivity index (χ2v) is 6.81. The summed E-state index contributed by atoms with van der Waals surface area (Å²) in [4.78, 5) is 12.0. The molecular formula is C18H15ClN2O3S. The van der Waals surface area contributed by atoms with Gasteiger partial charge in [0.15, 0.2) is 0 Å². The summed E-state index contributed by atoms with van der Waals surface area (Å²) < 4.78 is 11.0. The van der Waals surface area contributed by atoms with Gasteiger partial charge in [0.05, 0.1) is 40.5 Å². The van der Waals surface area contributed by atoms with E-state index in [4.69, 9.17) is 20.8 Å². The van der Waals surface area contributed by atoms with Gasteiger partial charge in [0.1, 0.15) is 11.5 Å². The number of nitrogens with zero attached hydrogens (tertiary/aromatic N) is 1. The number of allylic oxidation sites excluding steroid dienone is 1. The number of para-hydroxylation sites is 1. The Morgan fingerprint density at radius 1 is 1.36 bits per heavy atom. The first-order chi connectivity index (χ1) is 12.2. The highest BCUT2D eigenvalue weighted by Crippen LogP contribution is 2.36. The Hall–Kier alpha value is -2.36. The smallest absolute Gasteiger partial charge is 0.225 e. The first kappa shape index (κ1) is 17.5. The van der Waals surface area contributed by atoms with Crippen LogP contribution >= 0.6 is 23.4 Å². The summed E-state index contributed by atoms with van der Waals surface area (Å²) in [5.74, 6) is 1.32. The van der Waals surface area contributed by atoms with Gasteiger partial charge in [-0.25, -0.2) is 0 Å². The van der Waals surface area contributed by atoms with Gasteiger partial charge in [-0.1, -0.05) is 23.7 Å². The molecule has 0 saturated heterocycles. The summed E-state index contributed by atoms with van der Waals surface area (Å²) in [6.45, 7) is 0.401. The number of rotatable bonds is 6. The van der Waals surface area contributed by atoms with E-state index in [9.17, 15) is 10.1 Å². The van der Waals surface area contributed by atoms with E-state index in [2.05, 4.69) is 11.4 Å².